The highest BCUT2D eigenvalue weighted by Gasteiger charge is 2.25. The third-order valence-electron chi connectivity index (χ3n) is 2.89. The van der Waals surface area contributed by atoms with Crippen LogP contribution in [-0.4, -0.2) is 34.3 Å². The lowest BCUT2D eigenvalue weighted by atomic mass is 10.0. The van der Waals surface area contributed by atoms with Crippen LogP contribution in [0.25, 0.3) is 0 Å². The number of piperidine rings is 1. The van der Waals surface area contributed by atoms with Gasteiger partial charge in [0.25, 0.3) is 5.56 Å². The molecule has 0 saturated carbocycles. The molecule has 16 heavy (non-hydrogen) atoms. The molecule has 1 fully saturated rings. The molecule has 1 aliphatic rings. The van der Waals surface area contributed by atoms with E-state index in [1.807, 2.05) is 4.90 Å². The van der Waals surface area contributed by atoms with Gasteiger partial charge in [-0.05, 0) is 19.3 Å². The van der Waals surface area contributed by atoms with Crippen LogP contribution in [0.1, 0.15) is 19.3 Å². The summed E-state index contributed by atoms with van der Waals surface area (Å²) < 4.78 is 0. The highest BCUT2D eigenvalue weighted by atomic mass is 35.5. The van der Waals surface area contributed by atoms with Gasteiger partial charge in [-0.1, -0.05) is 11.6 Å². The quantitative estimate of drug-likeness (QED) is 0.805. The van der Waals surface area contributed by atoms with Crippen molar-refractivity contribution in [3.63, 3.8) is 0 Å². The van der Waals surface area contributed by atoms with Crippen LogP contribution in [0.4, 0.5) is 5.82 Å². The minimum absolute atomic E-state index is 0.0144. The Hall–Kier alpha value is -1.07. The molecule has 2 rings (SSSR count). The first-order valence-electron chi connectivity index (χ1n) is 5.34. The van der Waals surface area contributed by atoms with Crippen LogP contribution in [0, 0.1) is 0 Å². The van der Waals surface area contributed by atoms with Gasteiger partial charge in [-0.25, -0.2) is 4.98 Å². The molecule has 0 radical (unpaired) electrons. The predicted octanol–water partition coefficient (Wildman–Crippen LogP) is 0.774. The van der Waals surface area contributed by atoms with E-state index in [2.05, 4.69) is 9.97 Å². The molecule has 0 spiro atoms. The normalized spacial score (nSPS) is 21.1. The lowest BCUT2D eigenvalue weighted by Crippen LogP contribution is -2.43. The van der Waals surface area contributed by atoms with E-state index in [0.717, 1.165) is 25.8 Å². The number of H-pyrrole nitrogens is 1. The number of anilines is 1. The van der Waals surface area contributed by atoms with Crippen LogP contribution in [0.3, 0.4) is 0 Å². The van der Waals surface area contributed by atoms with Crippen molar-refractivity contribution < 1.29 is 5.11 Å². The molecule has 5 nitrogen and oxygen atoms in total. The Morgan fingerprint density at radius 1 is 1.62 bits per heavy atom. The molecular weight excluding hydrogens is 230 g/mol. The molecule has 1 aliphatic heterocycles. The largest absolute Gasteiger partial charge is 0.394 e. The maximum Gasteiger partial charge on any atom is 0.271 e. The molecule has 0 aliphatic carbocycles. The van der Waals surface area contributed by atoms with Crippen LogP contribution in [0.5, 0.6) is 0 Å². The summed E-state index contributed by atoms with van der Waals surface area (Å²) in [6, 6.07) is 0.0144. The summed E-state index contributed by atoms with van der Waals surface area (Å²) >= 11 is 5.92. The van der Waals surface area contributed by atoms with Gasteiger partial charge < -0.3 is 15.0 Å². The van der Waals surface area contributed by atoms with E-state index in [-0.39, 0.29) is 23.2 Å². The first-order chi connectivity index (χ1) is 7.74. The van der Waals surface area contributed by atoms with Crippen LogP contribution >= 0.6 is 11.6 Å². The Morgan fingerprint density at radius 2 is 2.44 bits per heavy atom. The number of rotatable bonds is 2. The summed E-state index contributed by atoms with van der Waals surface area (Å²) in [4.78, 5) is 19.8. The second-order valence-corrected chi connectivity index (χ2v) is 4.27. The van der Waals surface area contributed by atoms with Gasteiger partial charge in [0.2, 0.25) is 0 Å². The standard InChI is InChI=1S/C10H14ClN3O2/c11-8-9(12-6-13-10(8)16)14-4-2-1-3-7(14)5-15/h6-7,15H,1-5H2,(H,12,13,16). The van der Waals surface area contributed by atoms with Gasteiger partial charge in [-0.15, -0.1) is 0 Å². The molecule has 6 heteroatoms. The van der Waals surface area contributed by atoms with Crippen molar-refractivity contribution in [3.05, 3.63) is 21.7 Å². The van der Waals surface area contributed by atoms with Crippen molar-refractivity contribution in [2.75, 3.05) is 18.1 Å². The monoisotopic (exact) mass is 243 g/mol. The SMILES string of the molecule is O=c1[nH]cnc(N2CCCCC2CO)c1Cl. The molecule has 1 aromatic rings. The number of aromatic amines is 1. The lowest BCUT2D eigenvalue weighted by molar-refractivity contribution is 0.239. The van der Waals surface area contributed by atoms with Crippen molar-refractivity contribution in [3.8, 4) is 0 Å². The zero-order valence-corrected chi connectivity index (χ0v) is 9.57. The van der Waals surface area contributed by atoms with E-state index in [1.54, 1.807) is 0 Å². The summed E-state index contributed by atoms with van der Waals surface area (Å²) in [6.07, 6.45) is 4.36. The van der Waals surface area contributed by atoms with E-state index in [9.17, 15) is 9.90 Å². The number of nitrogens with zero attached hydrogens (tertiary/aromatic N) is 2. The first kappa shape index (κ1) is 11.4. The molecule has 2 N–H and O–H groups in total. The van der Waals surface area contributed by atoms with Gasteiger partial charge in [-0.2, -0.15) is 0 Å². The summed E-state index contributed by atoms with van der Waals surface area (Å²) in [5.41, 5.74) is -0.339. The number of hydrogen-bond donors (Lipinski definition) is 2. The number of aliphatic hydroxyl groups excluding tert-OH is 1. The van der Waals surface area contributed by atoms with Crippen molar-refractivity contribution in [1.29, 1.82) is 0 Å². The van der Waals surface area contributed by atoms with E-state index in [0.29, 0.717) is 5.82 Å². The van der Waals surface area contributed by atoms with Gasteiger partial charge in [-0.3, -0.25) is 4.79 Å². The highest BCUT2D eigenvalue weighted by molar-refractivity contribution is 6.32. The summed E-state index contributed by atoms with van der Waals surface area (Å²) in [7, 11) is 0. The van der Waals surface area contributed by atoms with Crippen molar-refractivity contribution in [1.82, 2.24) is 9.97 Å². The maximum atomic E-state index is 11.4. The predicted molar refractivity (Wildman–Crippen MR) is 61.9 cm³/mol. The molecule has 1 aromatic heterocycles. The zero-order valence-electron chi connectivity index (χ0n) is 8.82. The molecule has 2 heterocycles. The molecule has 1 atom stereocenters. The molecule has 0 aromatic carbocycles. The Kier molecular flexibility index (Phi) is 3.46. The fraction of sp³-hybridized carbons (Fsp3) is 0.600. The third kappa shape index (κ3) is 2.05. The molecule has 1 saturated heterocycles. The van der Waals surface area contributed by atoms with E-state index in [4.69, 9.17) is 11.6 Å². The van der Waals surface area contributed by atoms with Crippen LogP contribution in [0.15, 0.2) is 11.1 Å². The summed E-state index contributed by atoms with van der Waals surface area (Å²) in [5, 5.41) is 9.38. The smallest absolute Gasteiger partial charge is 0.271 e. The average molecular weight is 244 g/mol. The third-order valence-corrected chi connectivity index (χ3v) is 3.23. The highest BCUT2D eigenvalue weighted by Crippen LogP contribution is 2.26. The Labute approximate surface area is 98.1 Å². The fourth-order valence-corrected chi connectivity index (χ4v) is 2.25. The van der Waals surface area contributed by atoms with Gasteiger partial charge in [0, 0.05) is 6.54 Å². The van der Waals surface area contributed by atoms with E-state index < -0.39 is 0 Å². The van der Waals surface area contributed by atoms with Gasteiger partial charge in [0.1, 0.15) is 5.02 Å². The molecular formula is C10H14ClN3O2. The maximum absolute atomic E-state index is 11.4. The molecule has 88 valence electrons. The molecule has 1 unspecified atom stereocenters. The Balaban J connectivity index is 2.34. The van der Waals surface area contributed by atoms with Gasteiger partial charge in [0.15, 0.2) is 5.82 Å². The van der Waals surface area contributed by atoms with E-state index >= 15 is 0 Å². The number of aromatic nitrogens is 2. The second kappa shape index (κ2) is 4.84. The number of nitrogens with one attached hydrogen (secondary N) is 1. The number of halogens is 1. The number of hydrogen-bond acceptors (Lipinski definition) is 4. The second-order valence-electron chi connectivity index (χ2n) is 3.89. The van der Waals surface area contributed by atoms with Crippen molar-refractivity contribution in [2.45, 2.75) is 25.3 Å². The fourth-order valence-electron chi connectivity index (χ4n) is 2.04. The minimum atomic E-state index is -0.339. The van der Waals surface area contributed by atoms with Crippen molar-refractivity contribution in [2.24, 2.45) is 0 Å². The van der Waals surface area contributed by atoms with Crippen molar-refractivity contribution >= 4 is 17.4 Å². The van der Waals surface area contributed by atoms with Crippen LogP contribution < -0.4 is 10.5 Å². The Bertz CT molecular complexity index is 421. The molecule has 0 amide bonds. The van der Waals surface area contributed by atoms with Crippen LogP contribution in [-0.2, 0) is 0 Å². The zero-order chi connectivity index (χ0) is 11.5. The average Bonchev–Trinajstić information content (AvgIpc) is 2.33. The summed E-state index contributed by atoms with van der Waals surface area (Å²) in [5.74, 6) is 0.476. The molecule has 0 bridgehead atoms. The van der Waals surface area contributed by atoms with Gasteiger partial charge in [0.05, 0.1) is 19.0 Å². The lowest BCUT2D eigenvalue weighted by Gasteiger charge is -2.35. The Morgan fingerprint density at radius 3 is 3.19 bits per heavy atom. The van der Waals surface area contributed by atoms with Gasteiger partial charge >= 0.3 is 0 Å². The van der Waals surface area contributed by atoms with Crippen LogP contribution in [0.2, 0.25) is 5.02 Å². The topological polar surface area (TPSA) is 69.2 Å². The minimum Gasteiger partial charge on any atom is -0.394 e. The van der Waals surface area contributed by atoms with E-state index in [1.165, 1.54) is 6.33 Å². The number of aliphatic hydroxyl groups is 1. The summed E-state index contributed by atoms with van der Waals surface area (Å²) in [6.45, 7) is 0.839. The first-order valence-corrected chi connectivity index (χ1v) is 5.72.